The molecule has 0 bridgehead atoms. The van der Waals surface area contributed by atoms with Crippen molar-refractivity contribution < 1.29 is 47.4 Å². The van der Waals surface area contributed by atoms with Crippen molar-refractivity contribution in [2.45, 2.75) is 55.7 Å². The normalized spacial score (nSPS) is 23.1. The van der Waals surface area contributed by atoms with Crippen molar-refractivity contribution in [2.24, 2.45) is 0 Å². The molecular formula is C49H50O10. The Hall–Kier alpha value is -5.10. The number of ether oxygens (including phenoxy) is 10. The Balaban J connectivity index is 1.04. The largest absolute Gasteiger partial charge is 0.491 e. The minimum atomic E-state index is -0.504. The molecule has 59 heavy (non-hydrogen) atoms. The van der Waals surface area contributed by atoms with Gasteiger partial charge in [0, 0.05) is 5.41 Å². The molecule has 5 aromatic rings. The van der Waals surface area contributed by atoms with Gasteiger partial charge in [-0.3, -0.25) is 0 Å². The quantitative estimate of drug-likeness (QED) is 0.0643. The summed E-state index contributed by atoms with van der Waals surface area (Å²) in [6.45, 7) is 8.83. The lowest BCUT2D eigenvalue weighted by Crippen LogP contribution is -2.27. The molecule has 0 aliphatic carbocycles. The van der Waals surface area contributed by atoms with Gasteiger partial charge in [-0.05, 0) is 112 Å². The van der Waals surface area contributed by atoms with E-state index < -0.39 is 5.41 Å². The molecule has 5 fully saturated rings. The van der Waals surface area contributed by atoms with Gasteiger partial charge in [-0.25, -0.2) is 0 Å². The van der Waals surface area contributed by atoms with Gasteiger partial charge < -0.3 is 47.4 Å². The summed E-state index contributed by atoms with van der Waals surface area (Å²) in [4.78, 5) is 0. The summed E-state index contributed by atoms with van der Waals surface area (Å²) in [6.07, 6.45) is 2.48. The number of hydrogen-bond acceptors (Lipinski definition) is 10. The van der Waals surface area contributed by atoms with Crippen molar-refractivity contribution in [1.29, 1.82) is 0 Å². The van der Waals surface area contributed by atoms with Crippen molar-refractivity contribution in [3.8, 4) is 51.0 Å². The Labute approximate surface area is 345 Å². The lowest BCUT2D eigenvalue weighted by Gasteiger charge is -2.36. The molecule has 10 rings (SSSR count). The van der Waals surface area contributed by atoms with E-state index in [1.807, 2.05) is 24.3 Å². The fourth-order valence-corrected chi connectivity index (χ4v) is 7.46. The van der Waals surface area contributed by atoms with E-state index in [4.69, 9.17) is 47.4 Å². The van der Waals surface area contributed by atoms with Gasteiger partial charge in [0.1, 0.15) is 92.3 Å². The summed E-state index contributed by atoms with van der Waals surface area (Å²) in [5, 5.41) is 0. The van der Waals surface area contributed by atoms with Crippen LogP contribution in [-0.4, -0.2) is 96.6 Å². The van der Waals surface area contributed by atoms with Crippen LogP contribution in [0.25, 0.3) is 22.3 Å². The van der Waals surface area contributed by atoms with Crippen molar-refractivity contribution in [1.82, 2.24) is 0 Å². The average Bonchev–Trinajstić information content (AvgIpc) is 4.06. The molecule has 5 saturated heterocycles. The van der Waals surface area contributed by atoms with Gasteiger partial charge in [0.25, 0.3) is 0 Å². The molecule has 0 radical (unpaired) electrons. The minimum absolute atomic E-state index is 0.141. The lowest BCUT2D eigenvalue weighted by atomic mass is 9.68. The second-order valence-electron chi connectivity index (χ2n) is 16.3. The van der Waals surface area contributed by atoms with Crippen LogP contribution < -0.4 is 23.7 Å². The van der Waals surface area contributed by atoms with E-state index >= 15 is 0 Å². The molecular weight excluding hydrogens is 749 g/mol. The SMILES string of the molecule is CC(CCc1ccc(OCC2CO2)cc1)(c1ccc(OCC2CO2)cc1-c1ccc(OCC2CO2)cc1)c1ccc(OCC2CO2)cc1-c1ccc(OCC2CO2)cc1. The minimum Gasteiger partial charge on any atom is -0.491 e. The summed E-state index contributed by atoms with van der Waals surface area (Å²) >= 11 is 0. The van der Waals surface area contributed by atoms with Crippen LogP contribution in [0.4, 0.5) is 0 Å². The van der Waals surface area contributed by atoms with Crippen molar-refractivity contribution >= 4 is 0 Å². The number of hydrogen-bond donors (Lipinski definition) is 0. The van der Waals surface area contributed by atoms with Crippen LogP contribution in [0, 0.1) is 0 Å². The Bertz CT molecular complexity index is 2060. The van der Waals surface area contributed by atoms with Gasteiger partial charge >= 0.3 is 0 Å². The van der Waals surface area contributed by atoms with Crippen LogP contribution in [0.3, 0.4) is 0 Å². The first-order valence-electron chi connectivity index (χ1n) is 20.8. The second kappa shape index (κ2) is 16.9. The predicted molar refractivity (Wildman–Crippen MR) is 221 cm³/mol. The molecule has 0 spiro atoms. The Morgan fingerprint density at radius 2 is 0.729 bits per heavy atom. The summed E-state index contributed by atoms with van der Waals surface area (Å²) in [6, 6.07) is 38.3. The maximum absolute atomic E-state index is 6.32. The van der Waals surface area contributed by atoms with E-state index in [0.717, 1.165) is 96.9 Å². The summed E-state index contributed by atoms with van der Waals surface area (Å²) < 4.78 is 57.8. The van der Waals surface area contributed by atoms with Crippen molar-refractivity contribution in [3.05, 3.63) is 126 Å². The van der Waals surface area contributed by atoms with Crippen LogP contribution in [0.15, 0.2) is 109 Å². The standard InChI is InChI=1S/C49H50O10/c1-49(19-18-32-2-8-35(9-3-32)50-22-40-27-55-40,47-16-14-38(53-25-43-30-58-43)20-45(47)33-4-10-36(11-5-33)51-23-41-28-56-41)48-17-15-39(54-26-44-31-59-44)21-46(48)34-6-12-37(13-7-34)52-24-42-29-57-42/h2-17,20-21,40-44H,18-19,22-31H2,1H3. The molecule has 10 nitrogen and oxygen atoms in total. The zero-order valence-electron chi connectivity index (χ0n) is 33.3. The predicted octanol–water partition coefficient (Wildman–Crippen LogP) is 7.85. The molecule has 5 atom stereocenters. The molecule has 10 heteroatoms. The lowest BCUT2D eigenvalue weighted by molar-refractivity contribution is 0.263. The van der Waals surface area contributed by atoms with Crippen LogP contribution in [0.1, 0.15) is 30.0 Å². The highest BCUT2D eigenvalue weighted by atomic mass is 16.6. The smallest absolute Gasteiger partial charge is 0.120 e. The van der Waals surface area contributed by atoms with E-state index in [1.54, 1.807) is 0 Å². The van der Waals surface area contributed by atoms with E-state index in [9.17, 15) is 0 Å². The Morgan fingerprint density at radius 3 is 1.07 bits per heavy atom. The fraction of sp³-hybridized carbons (Fsp3) is 0.388. The Morgan fingerprint density at radius 1 is 0.424 bits per heavy atom. The highest BCUT2D eigenvalue weighted by Crippen LogP contribution is 2.47. The van der Waals surface area contributed by atoms with Gasteiger partial charge in [-0.2, -0.15) is 0 Å². The number of aryl methyl sites for hydroxylation is 1. The first kappa shape index (κ1) is 38.1. The van der Waals surface area contributed by atoms with Crippen molar-refractivity contribution in [3.63, 3.8) is 0 Å². The maximum Gasteiger partial charge on any atom is 0.120 e. The zero-order valence-corrected chi connectivity index (χ0v) is 33.3. The third kappa shape index (κ3) is 10.0. The molecule has 306 valence electrons. The highest BCUT2D eigenvalue weighted by Gasteiger charge is 2.35. The van der Waals surface area contributed by atoms with Crippen LogP contribution >= 0.6 is 0 Å². The first-order valence-corrected chi connectivity index (χ1v) is 20.8. The molecule has 5 aliphatic heterocycles. The third-order valence-electron chi connectivity index (χ3n) is 11.5. The first-order chi connectivity index (χ1) is 29.0. The van der Waals surface area contributed by atoms with E-state index in [2.05, 4.69) is 91.9 Å². The molecule has 5 unspecified atom stereocenters. The molecule has 0 N–H and O–H groups in total. The van der Waals surface area contributed by atoms with Gasteiger partial charge in [-0.15, -0.1) is 0 Å². The van der Waals surface area contributed by atoms with Crippen LogP contribution in [0.2, 0.25) is 0 Å². The van der Waals surface area contributed by atoms with Gasteiger partial charge in [0.05, 0.1) is 33.0 Å². The summed E-state index contributed by atoms with van der Waals surface area (Å²) in [5.74, 6) is 4.09. The average molecular weight is 799 g/mol. The van der Waals surface area contributed by atoms with Crippen LogP contribution in [0.5, 0.6) is 28.7 Å². The molecule has 0 amide bonds. The Kier molecular flexibility index (Phi) is 10.9. The van der Waals surface area contributed by atoms with Crippen LogP contribution in [-0.2, 0) is 35.5 Å². The van der Waals surface area contributed by atoms with Gasteiger partial charge in [-0.1, -0.05) is 55.5 Å². The zero-order chi connectivity index (χ0) is 39.6. The fourth-order valence-electron chi connectivity index (χ4n) is 7.46. The number of rotatable bonds is 22. The van der Waals surface area contributed by atoms with E-state index in [-0.39, 0.29) is 30.5 Å². The highest BCUT2D eigenvalue weighted by molar-refractivity contribution is 5.77. The second-order valence-corrected chi connectivity index (χ2v) is 16.3. The van der Waals surface area contributed by atoms with Gasteiger partial charge in [0.2, 0.25) is 0 Å². The summed E-state index contributed by atoms with van der Waals surface area (Å²) in [5.41, 5.74) is 7.41. The monoisotopic (exact) mass is 798 g/mol. The molecule has 5 aromatic carbocycles. The molecule has 5 heterocycles. The molecule has 0 aromatic heterocycles. The van der Waals surface area contributed by atoms with E-state index in [1.165, 1.54) is 16.7 Å². The van der Waals surface area contributed by atoms with Gasteiger partial charge in [0.15, 0.2) is 0 Å². The molecule has 5 aliphatic rings. The van der Waals surface area contributed by atoms with Crippen molar-refractivity contribution in [2.75, 3.05) is 66.1 Å². The maximum atomic E-state index is 6.32. The van der Waals surface area contributed by atoms with E-state index in [0.29, 0.717) is 33.0 Å². The topological polar surface area (TPSA) is 109 Å². The summed E-state index contributed by atoms with van der Waals surface area (Å²) in [7, 11) is 0. The molecule has 0 saturated carbocycles. The third-order valence-corrected chi connectivity index (χ3v) is 11.5. The number of epoxide rings is 5. The number of benzene rings is 5.